The Labute approximate surface area is 521 Å². The molecular formula is C64H94N12O13. The molecule has 0 unspecified atom stereocenters. The summed E-state index contributed by atoms with van der Waals surface area (Å²) in [5, 5.41) is 41.1. The van der Waals surface area contributed by atoms with Gasteiger partial charge in [-0.15, -0.1) is 0 Å². The van der Waals surface area contributed by atoms with Crippen LogP contribution in [0.3, 0.4) is 0 Å². The van der Waals surface area contributed by atoms with Crippen LogP contribution in [0.15, 0.2) is 60.7 Å². The molecule has 4 fully saturated rings. The topological polar surface area (TPSA) is 361 Å². The van der Waals surface area contributed by atoms with Crippen LogP contribution < -0.4 is 58.5 Å². The lowest BCUT2D eigenvalue weighted by Crippen LogP contribution is -2.62. The minimum atomic E-state index is -1.60. The van der Waals surface area contributed by atoms with Gasteiger partial charge in [-0.25, -0.2) is 4.79 Å². The first-order chi connectivity index (χ1) is 42.4. The van der Waals surface area contributed by atoms with Crippen LogP contribution in [0.4, 0.5) is 0 Å². The molecule has 2 aliphatic heterocycles. The zero-order chi connectivity index (χ0) is 65.2. The van der Waals surface area contributed by atoms with Crippen molar-refractivity contribution in [2.45, 2.75) is 204 Å². The molecule has 488 valence electrons. The van der Waals surface area contributed by atoms with Crippen LogP contribution in [0.1, 0.15) is 155 Å². The Bertz CT molecular complexity index is 2820. The van der Waals surface area contributed by atoms with Crippen LogP contribution in [0.5, 0.6) is 0 Å². The first-order valence-corrected chi connectivity index (χ1v) is 31.6. The molecule has 2 aromatic rings. The van der Waals surface area contributed by atoms with Crippen LogP contribution in [-0.2, 0) is 57.5 Å². The van der Waals surface area contributed by atoms with Gasteiger partial charge in [0.25, 0.3) is 0 Å². The number of carboxylic acids is 1. The van der Waals surface area contributed by atoms with Gasteiger partial charge in [0.15, 0.2) is 0 Å². The number of rotatable bonds is 36. The van der Waals surface area contributed by atoms with Gasteiger partial charge >= 0.3 is 5.97 Å². The zero-order valence-corrected chi connectivity index (χ0v) is 52.6. The van der Waals surface area contributed by atoms with Gasteiger partial charge in [-0.2, -0.15) is 0 Å². The molecule has 0 bridgehead atoms. The number of carboxylic acid groups (broad SMARTS) is 1. The highest BCUT2D eigenvalue weighted by atomic mass is 16.4. The smallest absolute Gasteiger partial charge is 0.330 e. The second-order valence-corrected chi connectivity index (χ2v) is 25.8. The van der Waals surface area contributed by atoms with Gasteiger partial charge in [0.05, 0.1) is 6.04 Å². The minimum Gasteiger partial charge on any atom is -0.479 e. The third-order valence-electron chi connectivity index (χ3n) is 17.2. The van der Waals surface area contributed by atoms with E-state index in [-0.39, 0.29) is 95.2 Å². The summed E-state index contributed by atoms with van der Waals surface area (Å²) in [5.41, 5.74) is -1.71. The summed E-state index contributed by atoms with van der Waals surface area (Å²) in [6, 6.07) is 9.24. The summed E-state index contributed by atoms with van der Waals surface area (Å²) in [4.78, 5) is 166. The van der Waals surface area contributed by atoms with Crippen molar-refractivity contribution in [3.8, 4) is 0 Å². The Morgan fingerprint density at radius 3 is 1.42 bits per heavy atom. The van der Waals surface area contributed by atoms with E-state index in [2.05, 4.69) is 58.5 Å². The van der Waals surface area contributed by atoms with Crippen LogP contribution in [0.2, 0.25) is 0 Å². The van der Waals surface area contributed by atoms with Crippen molar-refractivity contribution in [3.63, 3.8) is 0 Å². The highest BCUT2D eigenvalue weighted by Crippen LogP contribution is 2.54. The first kappa shape index (κ1) is 70.1. The monoisotopic (exact) mass is 1240 g/mol. The molecule has 12 atom stereocenters. The van der Waals surface area contributed by atoms with E-state index in [1.54, 1.807) is 70.2 Å². The molecule has 2 heterocycles. The molecule has 6 rings (SSSR count). The van der Waals surface area contributed by atoms with E-state index >= 15 is 4.79 Å². The van der Waals surface area contributed by atoms with Gasteiger partial charge in [0.2, 0.25) is 66.0 Å². The maximum Gasteiger partial charge on any atom is 0.330 e. The van der Waals surface area contributed by atoms with Crippen LogP contribution in [-0.4, -0.2) is 168 Å². The Morgan fingerprint density at radius 2 is 0.989 bits per heavy atom. The summed E-state index contributed by atoms with van der Waals surface area (Å²) in [7, 11) is 0. The van der Waals surface area contributed by atoms with Crippen molar-refractivity contribution in [3.05, 3.63) is 71.8 Å². The third-order valence-corrected chi connectivity index (χ3v) is 17.2. The SMILES string of the molecule is CC(C)C[C@H](NC(=O)[C@H]1CCCN1C(=O)[C@@]1(NC(=O)[C@@H](NC(=O)[C@H](CCCNC=O)NC(=O)[C@H](CC(C)C)NC(=O)[C@H]2CCCN2)C(C)C)C[C@@H]1c1ccccc1)C(=O)N[C@@H](CCCNC=O)C(=O)N[C@H](C(=O)N[C@]1(C(=O)O)C[C@@H]1c1ccccc1)C(C)C. The number of nitrogens with one attached hydrogen (secondary N) is 11. The van der Waals surface area contributed by atoms with E-state index in [0.29, 0.717) is 32.2 Å². The van der Waals surface area contributed by atoms with Crippen LogP contribution in [0, 0.1) is 23.7 Å². The summed E-state index contributed by atoms with van der Waals surface area (Å²) < 4.78 is 0. The molecule has 0 radical (unpaired) electrons. The number of carbonyl (C=O) groups is 12. The Morgan fingerprint density at radius 1 is 0.551 bits per heavy atom. The van der Waals surface area contributed by atoms with Crippen molar-refractivity contribution in [1.29, 1.82) is 0 Å². The molecule has 25 heteroatoms. The Kier molecular flexibility index (Phi) is 25.6. The number of nitrogens with zero attached hydrogens (tertiary/aromatic N) is 1. The minimum absolute atomic E-state index is 0.0133. The maximum atomic E-state index is 15.3. The molecule has 11 amide bonds. The fourth-order valence-corrected chi connectivity index (χ4v) is 12.1. The molecule has 2 saturated carbocycles. The molecule has 4 aliphatic rings. The Hall–Kier alpha value is -7.96. The predicted molar refractivity (Wildman–Crippen MR) is 330 cm³/mol. The van der Waals surface area contributed by atoms with Crippen LogP contribution >= 0.6 is 0 Å². The highest BCUT2D eigenvalue weighted by Gasteiger charge is 2.65. The summed E-state index contributed by atoms with van der Waals surface area (Å²) in [6.45, 7) is 15.4. The molecule has 0 spiro atoms. The molecule has 25 nitrogen and oxygen atoms in total. The number of aliphatic carboxylic acids is 1. The summed E-state index contributed by atoms with van der Waals surface area (Å²) in [5.74, 6) is -9.33. The van der Waals surface area contributed by atoms with Crippen molar-refractivity contribution < 1.29 is 62.6 Å². The lowest BCUT2D eigenvalue weighted by molar-refractivity contribution is -0.144. The second-order valence-electron chi connectivity index (χ2n) is 25.8. The molecule has 89 heavy (non-hydrogen) atoms. The predicted octanol–water partition coefficient (Wildman–Crippen LogP) is 1.26. The number of carbonyl (C=O) groups excluding carboxylic acids is 11. The van der Waals surface area contributed by atoms with Crippen molar-refractivity contribution >= 4 is 72.0 Å². The molecule has 2 saturated heterocycles. The Balaban J connectivity index is 1.18. The number of hydrogen-bond acceptors (Lipinski definition) is 13. The van der Waals surface area contributed by atoms with E-state index in [0.717, 1.165) is 17.5 Å². The summed E-state index contributed by atoms with van der Waals surface area (Å²) >= 11 is 0. The van der Waals surface area contributed by atoms with Gasteiger partial charge in [-0.05, 0) is 118 Å². The maximum absolute atomic E-state index is 15.3. The lowest BCUT2D eigenvalue weighted by Gasteiger charge is -2.33. The van der Waals surface area contributed by atoms with E-state index < -0.39 is 136 Å². The fourth-order valence-electron chi connectivity index (χ4n) is 12.1. The number of benzene rings is 2. The molecule has 0 aromatic heterocycles. The number of amides is 11. The average molecular weight is 1240 g/mol. The number of likely N-dealkylation sites (tertiary alicyclic amines) is 1. The molecule has 12 N–H and O–H groups in total. The van der Waals surface area contributed by atoms with Gasteiger partial charge in [-0.1, -0.05) is 116 Å². The lowest BCUT2D eigenvalue weighted by atomic mass is 9.99. The fraction of sp³-hybridized carbons (Fsp3) is 0.625. The molecular weight excluding hydrogens is 1140 g/mol. The van der Waals surface area contributed by atoms with E-state index in [1.807, 2.05) is 45.9 Å². The number of hydrogen-bond donors (Lipinski definition) is 12. The normalized spacial score (nSPS) is 22.9. The van der Waals surface area contributed by atoms with Crippen molar-refractivity contribution in [2.75, 3.05) is 26.2 Å². The van der Waals surface area contributed by atoms with Gasteiger partial charge in [0, 0.05) is 31.5 Å². The molecule has 2 aromatic carbocycles. The third kappa shape index (κ3) is 18.8. The van der Waals surface area contributed by atoms with Gasteiger partial charge < -0.3 is 68.5 Å². The van der Waals surface area contributed by atoms with Crippen molar-refractivity contribution in [2.24, 2.45) is 23.7 Å². The quantitative estimate of drug-likeness (QED) is 0.0338. The highest BCUT2D eigenvalue weighted by molar-refractivity contribution is 6.02. The zero-order valence-electron chi connectivity index (χ0n) is 52.6. The van der Waals surface area contributed by atoms with Crippen LogP contribution in [0.25, 0.3) is 0 Å². The molecule has 2 aliphatic carbocycles. The van der Waals surface area contributed by atoms with E-state index in [1.165, 1.54) is 4.90 Å². The standard InChI is InChI=1S/C64H94N12O13/c1-37(2)31-48(70-53(79)45-23-17-29-67-45)56(82)68-46(24-15-27-65-35-77)54(80)72-51(39(5)6)59(85)74-63(33-43(63)41-19-11-9-12-20-41)61(87)76-30-18-26-50(76)58(84)71-49(32-38(3)4)57(83)69-47(25-16-28-66-36-78)55(81)73-52(40(7)8)60(86)75-64(62(88)89)34-44(64)42-21-13-10-14-22-42/h9-14,19-22,35-40,43-52,67H,15-18,23-34H2,1-8H3,(H,65,77)(H,66,78)(H,68,82)(H,69,83)(H,70,79)(H,71,84)(H,72,80)(H,73,81)(H,74,85)(H,75,86)(H,88,89)/t43-,44-,45-,46+,47+,48+,49+,50-,51+,52+,63-,64-/m1/s1. The largest absolute Gasteiger partial charge is 0.479 e. The van der Waals surface area contributed by atoms with E-state index in [9.17, 15) is 57.8 Å². The van der Waals surface area contributed by atoms with Gasteiger partial charge in [-0.3, -0.25) is 52.7 Å². The summed E-state index contributed by atoms with van der Waals surface area (Å²) in [6.07, 6.45) is 4.20. The first-order valence-electron chi connectivity index (χ1n) is 31.6. The van der Waals surface area contributed by atoms with E-state index in [4.69, 9.17) is 0 Å². The second kappa shape index (κ2) is 32.5. The van der Waals surface area contributed by atoms with Crippen molar-refractivity contribution in [1.82, 2.24) is 63.4 Å². The average Bonchev–Trinajstić information content (AvgIpc) is 1.57. The van der Waals surface area contributed by atoms with Gasteiger partial charge in [0.1, 0.15) is 53.4 Å².